The molecular weight excluding hydrogens is 344 g/mol. The minimum absolute atomic E-state index is 0.194. The summed E-state index contributed by atoms with van der Waals surface area (Å²) in [6.07, 6.45) is 1.08. The van der Waals surface area contributed by atoms with Crippen molar-refractivity contribution in [2.45, 2.75) is 36.8 Å². The highest BCUT2D eigenvalue weighted by Gasteiger charge is 2.26. The van der Waals surface area contributed by atoms with Crippen LogP contribution in [0.1, 0.15) is 26.7 Å². The molecule has 0 atom stereocenters. The maximum atomic E-state index is 12.8. The predicted octanol–water partition coefficient (Wildman–Crippen LogP) is 2.52. The minimum atomic E-state index is -3.45. The molecule has 7 nitrogen and oxygen atoms in total. The molecule has 0 radical (unpaired) electrons. The van der Waals surface area contributed by atoms with Gasteiger partial charge in [-0.25, -0.2) is 13.2 Å². The molecule has 140 valence electrons. The van der Waals surface area contributed by atoms with Crippen molar-refractivity contribution in [3.05, 3.63) is 18.2 Å². The molecule has 1 saturated heterocycles. The standard InChI is InChI=1S/C17H26N2O5S/c1-4-13(5-2)25(21,22)14-6-7-16(23-3)15(12-14)18-17(20)19-8-10-24-11-9-19/h6-7,12-13H,4-5,8-11H2,1-3H3,(H,18,20). The summed E-state index contributed by atoms with van der Waals surface area (Å²) in [5, 5.41) is 2.32. The molecular formula is C17H26N2O5S. The van der Waals surface area contributed by atoms with Crippen LogP contribution in [0.3, 0.4) is 0 Å². The third kappa shape index (κ3) is 4.43. The van der Waals surface area contributed by atoms with Crippen molar-refractivity contribution in [2.75, 3.05) is 38.7 Å². The van der Waals surface area contributed by atoms with Crippen LogP contribution in [0.5, 0.6) is 5.75 Å². The fraction of sp³-hybridized carbons (Fsp3) is 0.588. The molecule has 1 heterocycles. The van der Waals surface area contributed by atoms with Crippen molar-refractivity contribution < 1.29 is 22.7 Å². The van der Waals surface area contributed by atoms with Crippen LogP contribution in [0, 0.1) is 0 Å². The molecule has 0 spiro atoms. The maximum Gasteiger partial charge on any atom is 0.322 e. The summed E-state index contributed by atoms with van der Waals surface area (Å²) in [5.41, 5.74) is 0.353. The van der Waals surface area contributed by atoms with Crippen molar-refractivity contribution in [2.24, 2.45) is 0 Å². The van der Waals surface area contributed by atoms with Gasteiger partial charge >= 0.3 is 6.03 Å². The molecule has 0 aromatic heterocycles. The lowest BCUT2D eigenvalue weighted by Gasteiger charge is -2.27. The van der Waals surface area contributed by atoms with Gasteiger partial charge in [0.2, 0.25) is 0 Å². The first-order valence-electron chi connectivity index (χ1n) is 8.49. The number of rotatable bonds is 6. The molecule has 0 bridgehead atoms. The number of nitrogens with zero attached hydrogens (tertiary/aromatic N) is 1. The highest BCUT2D eigenvalue weighted by atomic mass is 32.2. The Labute approximate surface area is 149 Å². The third-order valence-electron chi connectivity index (χ3n) is 4.39. The number of nitrogens with one attached hydrogen (secondary N) is 1. The average molecular weight is 370 g/mol. The molecule has 0 aliphatic carbocycles. The van der Waals surface area contributed by atoms with E-state index in [-0.39, 0.29) is 10.9 Å². The first-order valence-corrected chi connectivity index (χ1v) is 10.0. The van der Waals surface area contributed by atoms with Crippen molar-refractivity contribution in [1.82, 2.24) is 4.90 Å². The van der Waals surface area contributed by atoms with Crippen LogP contribution >= 0.6 is 0 Å². The summed E-state index contributed by atoms with van der Waals surface area (Å²) in [6.45, 7) is 5.70. The SMILES string of the molecule is CCC(CC)S(=O)(=O)c1ccc(OC)c(NC(=O)N2CCOCC2)c1. The Morgan fingerprint density at radius 1 is 1.28 bits per heavy atom. The highest BCUT2D eigenvalue weighted by molar-refractivity contribution is 7.92. The number of urea groups is 1. The molecule has 0 saturated carbocycles. The van der Waals surface area contributed by atoms with Crippen molar-refractivity contribution in [3.8, 4) is 5.75 Å². The Kier molecular flexibility index (Phi) is 6.66. The topological polar surface area (TPSA) is 84.9 Å². The van der Waals surface area contributed by atoms with E-state index < -0.39 is 15.1 Å². The number of methoxy groups -OCH3 is 1. The van der Waals surface area contributed by atoms with Gasteiger partial charge in [-0.05, 0) is 31.0 Å². The molecule has 1 aliphatic heterocycles. The van der Waals surface area contributed by atoms with Crippen molar-refractivity contribution >= 4 is 21.6 Å². The predicted molar refractivity (Wildman–Crippen MR) is 96.0 cm³/mol. The number of morpholine rings is 1. The zero-order valence-electron chi connectivity index (χ0n) is 14.9. The number of ether oxygens (including phenoxy) is 2. The second kappa shape index (κ2) is 8.53. The first kappa shape index (κ1) is 19.5. The van der Waals surface area contributed by atoms with Gasteiger partial charge in [0.05, 0.1) is 36.2 Å². The van der Waals surface area contributed by atoms with Crippen LogP contribution in [0.4, 0.5) is 10.5 Å². The highest BCUT2D eigenvalue weighted by Crippen LogP contribution is 2.30. The molecule has 1 aromatic rings. The van der Waals surface area contributed by atoms with E-state index >= 15 is 0 Å². The number of carbonyl (C=O) groups is 1. The van der Waals surface area contributed by atoms with Gasteiger partial charge in [-0.1, -0.05) is 13.8 Å². The van der Waals surface area contributed by atoms with Crippen LogP contribution < -0.4 is 10.1 Å². The average Bonchev–Trinajstić information content (AvgIpc) is 2.63. The molecule has 1 N–H and O–H groups in total. The molecule has 8 heteroatoms. The monoisotopic (exact) mass is 370 g/mol. The Morgan fingerprint density at radius 2 is 1.92 bits per heavy atom. The zero-order chi connectivity index (χ0) is 18.4. The molecule has 0 unspecified atom stereocenters. The zero-order valence-corrected chi connectivity index (χ0v) is 15.8. The van der Waals surface area contributed by atoms with Gasteiger partial charge in [0, 0.05) is 13.1 Å². The second-order valence-corrected chi connectivity index (χ2v) is 8.10. The van der Waals surface area contributed by atoms with E-state index in [0.29, 0.717) is 50.6 Å². The smallest absolute Gasteiger partial charge is 0.322 e. The molecule has 1 aliphatic rings. The van der Waals surface area contributed by atoms with E-state index in [1.807, 2.05) is 13.8 Å². The quantitative estimate of drug-likeness (QED) is 0.832. The van der Waals surface area contributed by atoms with E-state index in [1.165, 1.54) is 19.2 Å². The third-order valence-corrected chi connectivity index (χ3v) is 6.84. The minimum Gasteiger partial charge on any atom is -0.495 e. The van der Waals surface area contributed by atoms with Crippen LogP contribution in [-0.2, 0) is 14.6 Å². The van der Waals surface area contributed by atoms with Crippen LogP contribution in [-0.4, -0.2) is 58.0 Å². The van der Waals surface area contributed by atoms with Gasteiger partial charge in [-0.3, -0.25) is 0 Å². The van der Waals surface area contributed by atoms with Crippen LogP contribution in [0.2, 0.25) is 0 Å². The maximum absolute atomic E-state index is 12.8. The molecule has 25 heavy (non-hydrogen) atoms. The van der Waals surface area contributed by atoms with E-state index in [2.05, 4.69) is 5.32 Å². The van der Waals surface area contributed by atoms with Crippen molar-refractivity contribution in [1.29, 1.82) is 0 Å². The Bertz CT molecular complexity index is 695. The number of hydrogen-bond acceptors (Lipinski definition) is 5. The van der Waals surface area contributed by atoms with Gasteiger partial charge in [0.1, 0.15) is 5.75 Å². The summed E-state index contributed by atoms with van der Waals surface area (Å²) >= 11 is 0. The van der Waals surface area contributed by atoms with Gasteiger partial charge in [-0.2, -0.15) is 0 Å². The van der Waals surface area contributed by atoms with E-state index in [4.69, 9.17) is 9.47 Å². The second-order valence-electron chi connectivity index (χ2n) is 5.88. The number of anilines is 1. The van der Waals surface area contributed by atoms with Crippen LogP contribution in [0.25, 0.3) is 0 Å². The summed E-state index contributed by atoms with van der Waals surface area (Å²) in [7, 11) is -1.97. The number of carbonyl (C=O) groups excluding carboxylic acids is 1. The Hall–Kier alpha value is -1.80. The summed E-state index contributed by atoms with van der Waals surface area (Å²) < 4.78 is 36.0. The largest absolute Gasteiger partial charge is 0.495 e. The summed E-state index contributed by atoms with van der Waals surface area (Å²) in [5.74, 6) is 0.421. The lowest BCUT2D eigenvalue weighted by atomic mass is 10.3. The number of hydrogen-bond donors (Lipinski definition) is 1. The van der Waals surface area contributed by atoms with E-state index in [9.17, 15) is 13.2 Å². The molecule has 2 amide bonds. The van der Waals surface area contributed by atoms with Gasteiger partial charge < -0.3 is 19.7 Å². The van der Waals surface area contributed by atoms with Gasteiger partial charge in [0.15, 0.2) is 9.84 Å². The Morgan fingerprint density at radius 3 is 2.48 bits per heavy atom. The van der Waals surface area contributed by atoms with Gasteiger partial charge in [-0.15, -0.1) is 0 Å². The Balaban J connectivity index is 2.29. The number of amides is 2. The first-order chi connectivity index (χ1) is 11.9. The lowest BCUT2D eigenvalue weighted by molar-refractivity contribution is 0.0564. The van der Waals surface area contributed by atoms with E-state index in [1.54, 1.807) is 11.0 Å². The molecule has 2 rings (SSSR count). The molecule has 1 fully saturated rings. The normalized spacial score (nSPS) is 15.3. The van der Waals surface area contributed by atoms with Crippen LogP contribution in [0.15, 0.2) is 23.1 Å². The molecule has 1 aromatic carbocycles. The van der Waals surface area contributed by atoms with Crippen molar-refractivity contribution in [3.63, 3.8) is 0 Å². The number of sulfone groups is 1. The van der Waals surface area contributed by atoms with E-state index in [0.717, 1.165) is 0 Å². The summed E-state index contributed by atoms with van der Waals surface area (Å²) in [4.78, 5) is 14.2. The fourth-order valence-corrected chi connectivity index (χ4v) is 4.64. The fourth-order valence-electron chi connectivity index (χ4n) is 2.84. The summed E-state index contributed by atoms with van der Waals surface area (Å²) in [6, 6.07) is 4.28. The lowest BCUT2D eigenvalue weighted by Crippen LogP contribution is -2.43. The number of benzene rings is 1. The van der Waals surface area contributed by atoms with Gasteiger partial charge in [0.25, 0.3) is 0 Å².